The summed E-state index contributed by atoms with van der Waals surface area (Å²) in [5, 5.41) is 4.44. The van der Waals surface area contributed by atoms with Crippen LogP contribution < -0.4 is 5.32 Å². The summed E-state index contributed by atoms with van der Waals surface area (Å²) in [6, 6.07) is 6.23. The van der Waals surface area contributed by atoms with Gasteiger partial charge in [0.2, 0.25) is 0 Å². The van der Waals surface area contributed by atoms with Crippen molar-refractivity contribution in [2.24, 2.45) is 0 Å². The van der Waals surface area contributed by atoms with Crippen LogP contribution in [0.4, 0.5) is 5.13 Å². The van der Waals surface area contributed by atoms with Crippen molar-refractivity contribution in [1.82, 2.24) is 9.88 Å². The summed E-state index contributed by atoms with van der Waals surface area (Å²) in [6.07, 6.45) is 1.15. The minimum atomic E-state index is 0.984. The van der Waals surface area contributed by atoms with E-state index in [1.165, 1.54) is 4.70 Å². The Hall–Kier alpha value is -0.650. The van der Waals surface area contributed by atoms with E-state index in [-0.39, 0.29) is 0 Å². The van der Waals surface area contributed by atoms with E-state index in [0.29, 0.717) is 0 Å². The van der Waals surface area contributed by atoms with Crippen molar-refractivity contribution < 1.29 is 0 Å². The molecular weight excluding hydrogens is 322 g/mol. The fraction of sp³-hybridized carbons (Fsp3) is 0.500. The van der Waals surface area contributed by atoms with E-state index >= 15 is 0 Å². The van der Waals surface area contributed by atoms with E-state index in [9.17, 15) is 0 Å². The highest BCUT2D eigenvalue weighted by molar-refractivity contribution is 9.10. The summed E-state index contributed by atoms with van der Waals surface area (Å²) in [5.41, 5.74) is 1.06. The first-order valence-corrected chi connectivity index (χ1v) is 8.36. The van der Waals surface area contributed by atoms with Gasteiger partial charge in [0.15, 0.2) is 5.13 Å². The van der Waals surface area contributed by atoms with Crippen molar-refractivity contribution in [3.63, 3.8) is 0 Å². The predicted octanol–water partition coefficient (Wildman–Crippen LogP) is 4.20. The molecule has 19 heavy (non-hydrogen) atoms. The molecule has 0 amide bonds. The molecule has 5 heteroatoms. The second-order valence-electron chi connectivity index (χ2n) is 4.44. The Labute approximate surface area is 127 Å². The first-order chi connectivity index (χ1) is 9.22. The summed E-state index contributed by atoms with van der Waals surface area (Å²) >= 11 is 5.20. The van der Waals surface area contributed by atoms with E-state index in [2.05, 4.69) is 63.2 Å². The topological polar surface area (TPSA) is 28.2 Å². The van der Waals surface area contributed by atoms with Gasteiger partial charge in [-0.25, -0.2) is 4.98 Å². The van der Waals surface area contributed by atoms with E-state index in [0.717, 1.165) is 47.7 Å². The number of rotatable bonds is 7. The van der Waals surface area contributed by atoms with E-state index in [1.54, 1.807) is 11.3 Å². The van der Waals surface area contributed by atoms with Crippen molar-refractivity contribution in [1.29, 1.82) is 0 Å². The van der Waals surface area contributed by atoms with E-state index in [4.69, 9.17) is 0 Å². The summed E-state index contributed by atoms with van der Waals surface area (Å²) in [4.78, 5) is 7.04. The number of aromatic nitrogens is 1. The Morgan fingerprint density at radius 2 is 2.11 bits per heavy atom. The molecule has 0 unspecified atom stereocenters. The molecule has 0 saturated carbocycles. The van der Waals surface area contributed by atoms with Crippen molar-refractivity contribution in [2.75, 3.05) is 31.5 Å². The fourth-order valence-corrected chi connectivity index (χ4v) is 3.23. The van der Waals surface area contributed by atoms with Gasteiger partial charge >= 0.3 is 0 Å². The Morgan fingerprint density at radius 3 is 2.84 bits per heavy atom. The standard InChI is InChI=1S/C14H20BrN3S/c1-3-18(4-2)9-5-8-16-14-17-12-10-11(15)6-7-13(12)19-14/h6-7,10H,3-5,8-9H2,1-2H3,(H,16,17). The molecule has 1 aromatic carbocycles. The third-order valence-corrected chi connectivity index (χ3v) is 4.66. The van der Waals surface area contributed by atoms with Crippen LogP contribution in [0, 0.1) is 0 Å². The molecule has 2 rings (SSSR count). The van der Waals surface area contributed by atoms with Gasteiger partial charge in [0, 0.05) is 11.0 Å². The number of hydrogen-bond donors (Lipinski definition) is 1. The average Bonchev–Trinajstić information content (AvgIpc) is 2.80. The molecule has 2 aromatic rings. The molecule has 1 N–H and O–H groups in total. The minimum Gasteiger partial charge on any atom is -0.361 e. The molecule has 0 atom stereocenters. The highest BCUT2D eigenvalue weighted by Crippen LogP contribution is 2.27. The number of hydrogen-bond acceptors (Lipinski definition) is 4. The predicted molar refractivity (Wildman–Crippen MR) is 88.2 cm³/mol. The lowest BCUT2D eigenvalue weighted by Crippen LogP contribution is -2.25. The van der Waals surface area contributed by atoms with E-state index < -0.39 is 0 Å². The number of halogens is 1. The van der Waals surface area contributed by atoms with Gasteiger partial charge in [0.05, 0.1) is 10.2 Å². The maximum absolute atomic E-state index is 4.59. The molecule has 0 fully saturated rings. The zero-order valence-corrected chi connectivity index (χ0v) is 13.9. The zero-order chi connectivity index (χ0) is 13.7. The first-order valence-electron chi connectivity index (χ1n) is 6.75. The second kappa shape index (κ2) is 7.22. The lowest BCUT2D eigenvalue weighted by molar-refractivity contribution is 0.303. The van der Waals surface area contributed by atoms with Gasteiger partial charge in [-0.3, -0.25) is 0 Å². The molecule has 1 heterocycles. The van der Waals surface area contributed by atoms with Crippen LogP contribution in [0.3, 0.4) is 0 Å². The van der Waals surface area contributed by atoms with Crippen molar-refractivity contribution >= 4 is 42.6 Å². The van der Waals surface area contributed by atoms with Gasteiger partial charge < -0.3 is 10.2 Å². The Balaban J connectivity index is 1.84. The molecule has 0 spiro atoms. The molecule has 0 bridgehead atoms. The summed E-state index contributed by atoms with van der Waals surface area (Å²) in [5.74, 6) is 0. The monoisotopic (exact) mass is 341 g/mol. The van der Waals surface area contributed by atoms with Gasteiger partial charge in [-0.1, -0.05) is 41.1 Å². The lowest BCUT2D eigenvalue weighted by Gasteiger charge is -2.17. The normalized spacial score (nSPS) is 11.4. The van der Waals surface area contributed by atoms with Gasteiger partial charge in [-0.2, -0.15) is 0 Å². The van der Waals surface area contributed by atoms with Crippen molar-refractivity contribution in [3.8, 4) is 0 Å². The molecule has 104 valence electrons. The van der Waals surface area contributed by atoms with Crippen LogP contribution in [-0.4, -0.2) is 36.1 Å². The number of thiazole rings is 1. The number of benzene rings is 1. The van der Waals surface area contributed by atoms with Crippen LogP contribution in [0.1, 0.15) is 20.3 Å². The van der Waals surface area contributed by atoms with Gasteiger partial charge in [-0.05, 0) is 44.3 Å². The van der Waals surface area contributed by atoms with Crippen LogP contribution in [-0.2, 0) is 0 Å². The first kappa shape index (κ1) is 14.8. The molecule has 0 aliphatic carbocycles. The summed E-state index contributed by atoms with van der Waals surface area (Å²) in [7, 11) is 0. The van der Waals surface area contributed by atoms with Crippen LogP contribution >= 0.6 is 27.3 Å². The van der Waals surface area contributed by atoms with Crippen molar-refractivity contribution in [3.05, 3.63) is 22.7 Å². The zero-order valence-electron chi connectivity index (χ0n) is 11.4. The largest absolute Gasteiger partial charge is 0.361 e. The molecule has 0 aliphatic rings. The minimum absolute atomic E-state index is 0.984. The maximum Gasteiger partial charge on any atom is 0.183 e. The van der Waals surface area contributed by atoms with Gasteiger partial charge in [0.25, 0.3) is 0 Å². The highest BCUT2D eigenvalue weighted by Gasteiger charge is 2.04. The maximum atomic E-state index is 4.59. The summed E-state index contributed by atoms with van der Waals surface area (Å²) in [6.45, 7) is 8.82. The molecule has 0 saturated heterocycles. The number of nitrogens with one attached hydrogen (secondary N) is 1. The fourth-order valence-electron chi connectivity index (χ4n) is 2.01. The number of fused-ring (bicyclic) bond motifs is 1. The summed E-state index contributed by atoms with van der Waals surface area (Å²) < 4.78 is 2.31. The van der Waals surface area contributed by atoms with Gasteiger partial charge in [-0.15, -0.1) is 0 Å². The smallest absolute Gasteiger partial charge is 0.183 e. The Morgan fingerprint density at radius 1 is 1.32 bits per heavy atom. The lowest BCUT2D eigenvalue weighted by atomic mass is 10.3. The SMILES string of the molecule is CCN(CC)CCCNc1nc2cc(Br)ccc2s1. The third kappa shape index (κ3) is 4.16. The van der Waals surface area contributed by atoms with Crippen LogP contribution in [0.2, 0.25) is 0 Å². The molecule has 0 radical (unpaired) electrons. The average molecular weight is 342 g/mol. The van der Waals surface area contributed by atoms with Crippen molar-refractivity contribution in [2.45, 2.75) is 20.3 Å². The number of nitrogens with zero attached hydrogens (tertiary/aromatic N) is 2. The molecule has 1 aromatic heterocycles. The molecule has 3 nitrogen and oxygen atoms in total. The molecular formula is C14H20BrN3S. The van der Waals surface area contributed by atoms with Crippen LogP contribution in [0.5, 0.6) is 0 Å². The van der Waals surface area contributed by atoms with Crippen LogP contribution in [0.15, 0.2) is 22.7 Å². The Bertz CT molecular complexity index is 522. The quantitative estimate of drug-likeness (QED) is 0.765. The highest BCUT2D eigenvalue weighted by atomic mass is 79.9. The van der Waals surface area contributed by atoms with Gasteiger partial charge in [0.1, 0.15) is 0 Å². The van der Waals surface area contributed by atoms with E-state index in [1.807, 2.05) is 0 Å². The second-order valence-corrected chi connectivity index (χ2v) is 6.38. The van der Waals surface area contributed by atoms with Crippen LogP contribution in [0.25, 0.3) is 10.2 Å². The Kier molecular flexibility index (Phi) is 5.60. The number of anilines is 1. The molecule has 0 aliphatic heterocycles. The third-order valence-electron chi connectivity index (χ3n) is 3.17.